The highest BCUT2D eigenvalue weighted by Crippen LogP contribution is 2.28. The number of para-hydroxylation sites is 2. The van der Waals surface area contributed by atoms with Crippen LogP contribution < -0.4 is 9.64 Å². The molecule has 3 heterocycles. The minimum Gasteiger partial charge on any atom is -0.492 e. The molecule has 0 unspecified atom stereocenters. The van der Waals surface area contributed by atoms with E-state index in [0.29, 0.717) is 30.5 Å². The smallest absolute Gasteiger partial charge is 0.333 e. The Morgan fingerprint density at radius 3 is 2.35 bits per heavy atom. The maximum absolute atomic E-state index is 12.1. The first-order valence-corrected chi connectivity index (χ1v) is 14.7. The number of hydrogen-bond acceptors (Lipinski definition) is 9. The molecule has 0 saturated carbocycles. The van der Waals surface area contributed by atoms with Crippen molar-refractivity contribution in [3.05, 3.63) is 79.1 Å². The molecule has 0 spiro atoms. The number of ether oxygens (including phenoxy) is 1. The average Bonchev–Trinajstić information content (AvgIpc) is 3.36. The fourth-order valence-electron chi connectivity index (χ4n) is 4.95. The van der Waals surface area contributed by atoms with Gasteiger partial charge in [0.2, 0.25) is 0 Å². The summed E-state index contributed by atoms with van der Waals surface area (Å²) in [5, 5.41) is 1.58. The molecule has 1 aliphatic heterocycles. The van der Waals surface area contributed by atoms with Gasteiger partial charge in [-0.25, -0.2) is 14.8 Å². The van der Waals surface area contributed by atoms with Crippen LogP contribution in [0.3, 0.4) is 0 Å². The van der Waals surface area contributed by atoms with Gasteiger partial charge in [0.05, 0.1) is 12.1 Å². The number of anilines is 1. The summed E-state index contributed by atoms with van der Waals surface area (Å²) in [6, 6.07) is 21.6. The highest BCUT2D eigenvalue weighted by atomic mass is 16.7. The molecule has 4 aromatic rings. The number of rotatable bonds is 15. The molecule has 2 aromatic heterocycles. The van der Waals surface area contributed by atoms with Crippen LogP contribution in [0.25, 0.3) is 22.3 Å². The summed E-state index contributed by atoms with van der Waals surface area (Å²) in [5.74, 6) is 0.841. The molecule has 0 aliphatic carbocycles. The van der Waals surface area contributed by atoms with E-state index in [1.807, 2.05) is 66.7 Å². The predicted molar refractivity (Wildman–Crippen MR) is 162 cm³/mol. The van der Waals surface area contributed by atoms with Gasteiger partial charge in [0.15, 0.2) is 5.82 Å². The van der Waals surface area contributed by atoms with Crippen molar-refractivity contribution in [2.75, 3.05) is 24.6 Å². The number of carbonyl (C=O) groups is 3. The number of amides is 2. The van der Waals surface area contributed by atoms with Crippen molar-refractivity contribution in [2.45, 2.75) is 51.4 Å². The Labute approximate surface area is 250 Å². The lowest BCUT2D eigenvalue weighted by molar-refractivity contribution is -0.197. The Bertz CT molecular complexity index is 1520. The van der Waals surface area contributed by atoms with Crippen LogP contribution in [0.4, 0.5) is 5.82 Å². The summed E-state index contributed by atoms with van der Waals surface area (Å²) in [6.45, 7) is 1.91. The van der Waals surface area contributed by atoms with Crippen LogP contribution in [0, 0.1) is 0 Å². The van der Waals surface area contributed by atoms with Crippen molar-refractivity contribution in [2.24, 2.45) is 0 Å². The molecular weight excluding hydrogens is 546 g/mol. The third-order valence-corrected chi connectivity index (χ3v) is 7.18. The van der Waals surface area contributed by atoms with Crippen LogP contribution in [-0.4, -0.2) is 57.5 Å². The molecule has 10 heteroatoms. The lowest BCUT2D eigenvalue weighted by atomic mass is 10.1. The zero-order valence-electron chi connectivity index (χ0n) is 24.1. The SMILES string of the molecule is O=C(CCCCCCCN(CCOc1ccccc1)c1nc(-c2cccnc2)nc2ccccc12)ON1C(=O)CCC1=O. The zero-order chi connectivity index (χ0) is 29.9. The van der Waals surface area contributed by atoms with Gasteiger partial charge in [-0.05, 0) is 49.2 Å². The molecule has 43 heavy (non-hydrogen) atoms. The van der Waals surface area contributed by atoms with Gasteiger partial charge in [0.25, 0.3) is 11.8 Å². The quantitative estimate of drug-likeness (QED) is 0.132. The van der Waals surface area contributed by atoms with E-state index in [9.17, 15) is 14.4 Å². The maximum Gasteiger partial charge on any atom is 0.333 e. The third kappa shape index (κ3) is 8.12. The number of aromatic nitrogens is 3. The number of imide groups is 1. The van der Waals surface area contributed by atoms with Crippen LogP contribution in [0.5, 0.6) is 5.75 Å². The van der Waals surface area contributed by atoms with E-state index in [1.165, 1.54) is 0 Å². The van der Waals surface area contributed by atoms with E-state index in [0.717, 1.165) is 60.3 Å². The van der Waals surface area contributed by atoms with Crippen LogP contribution >= 0.6 is 0 Å². The molecule has 0 atom stereocenters. The average molecular weight is 582 g/mol. The summed E-state index contributed by atoms with van der Waals surface area (Å²) in [4.78, 5) is 56.6. The molecule has 10 nitrogen and oxygen atoms in total. The number of unbranched alkanes of at least 4 members (excludes halogenated alkanes) is 4. The number of fused-ring (bicyclic) bond motifs is 1. The Balaban J connectivity index is 1.20. The van der Waals surface area contributed by atoms with Gasteiger partial charge in [0, 0.05) is 49.2 Å². The van der Waals surface area contributed by atoms with Gasteiger partial charge in [0.1, 0.15) is 18.2 Å². The molecule has 1 fully saturated rings. The fraction of sp³-hybridized carbons (Fsp3) is 0.333. The van der Waals surface area contributed by atoms with Crippen molar-refractivity contribution in [3.63, 3.8) is 0 Å². The van der Waals surface area contributed by atoms with E-state index in [4.69, 9.17) is 19.5 Å². The summed E-state index contributed by atoms with van der Waals surface area (Å²) in [6.07, 6.45) is 8.17. The first-order chi connectivity index (χ1) is 21.1. The van der Waals surface area contributed by atoms with E-state index in [1.54, 1.807) is 12.4 Å². The minimum atomic E-state index is -0.548. The maximum atomic E-state index is 12.1. The second kappa shape index (κ2) is 14.9. The Morgan fingerprint density at radius 1 is 0.814 bits per heavy atom. The summed E-state index contributed by atoms with van der Waals surface area (Å²) >= 11 is 0. The van der Waals surface area contributed by atoms with Crippen molar-refractivity contribution < 1.29 is 24.0 Å². The van der Waals surface area contributed by atoms with Crippen LogP contribution in [0.2, 0.25) is 0 Å². The zero-order valence-corrected chi connectivity index (χ0v) is 24.1. The number of carbonyl (C=O) groups excluding carboxylic acids is 3. The van der Waals surface area contributed by atoms with E-state index >= 15 is 0 Å². The van der Waals surface area contributed by atoms with Crippen LogP contribution in [0.1, 0.15) is 51.4 Å². The number of nitrogens with zero attached hydrogens (tertiary/aromatic N) is 5. The normalized spacial score (nSPS) is 13.0. The summed E-state index contributed by atoms with van der Waals surface area (Å²) < 4.78 is 6.04. The van der Waals surface area contributed by atoms with Gasteiger partial charge in [-0.15, -0.1) is 5.06 Å². The topological polar surface area (TPSA) is 115 Å². The first-order valence-electron chi connectivity index (χ1n) is 14.7. The summed E-state index contributed by atoms with van der Waals surface area (Å²) in [7, 11) is 0. The second-order valence-corrected chi connectivity index (χ2v) is 10.3. The number of hydrogen-bond donors (Lipinski definition) is 0. The third-order valence-electron chi connectivity index (χ3n) is 7.18. The Hall–Kier alpha value is -4.86. The molecule has 222 valence electrons. The van der Waals surface area contributed by atoms with Gasteiger partial charge >= 0.3 is 5.97 Å². The molecule has 1 saturated heterocycles. The second-order valence-electron chi connectivity index (χ2n) is 10.3. The molecule has 2 amide bonds. The Morgan fingerprint density at radius 2 is 1.56 bits per heavy atom. The molecule has 5 rings (SSSR count). The predicted octanol–water partition coefficient (Wildman–Crippen LogP) is 5.53. The molecule has 0 bridgehead atoms. The lowest BCUT2D eigenvalue weighted by Crippen LogP contribution is -2.31. The number of benzene rings is 2. The first kappa shape index (κ1) is 29.6. The monoisotopic (exact) mass is 581 g/mol. The van der Waals surface area contributed by atoms with Crippen molar-refractivity contribution in [3.8, 4) is 17.1 Å². The van der Waals surface area contributed by atoms with Crippen molar-refractivity contribution >= 4 is 34.5 Å². The van der Waals surface area contributed by atoms with Crippen LogP contribution in [-0.2, 0) is 19.2 Å². The molecule has 1 aliphatic rings. The highest BCUT2D eigenvalue weighted by Gasteiger charge is 2.32. The molecule has 0 N–H and O–H groups in total. The minimum absolute atomic E-state index is 0.0943. The largest absolute Gasteiger partial charge is 0.492 e. The van der Waals surface area contributed by atoms with E-state index < -0.39 is 17.8 Å². The van der Waals surface area contributed by atoms with Gasteiger partial charge in [-0.3, -0.25) is 14.6 Å². The standard InChI is InChI=1S/C33H35N5O5/c39-29-18-19-30(40)38(29)43-31(41)17-7-2-1-3-10-21-37(22-23-42-26-13-5-4-6-14-26)33-27-15-8-9-16-28(27)35-32(36-33)25-12-11-20-34-24-25/h4-6,8-9,11-16,20,24H,1-3,7,10,17-19,21-23H2. The molecular formula is C33H35N5O5. The fourth-order valence-corrected chi connectivity index (χ4v) is 4.95. The number of pyridine rings is 1. The van der Waals surface area contributed by atoms with Gasteiger partial charge in [-0.2, -0.15) is 0 Å². The summed E-state index contributed by atoms with van der Waals surface area (Å²) in [5.41, 5.74) is 1.72. The highest BCUT2D eigenvalue weighted by molar-refractivity contribution is 6.01. The van der Waals surface area contributed by atoms with E-state index in [-0.39, 0.29) is 19.3 Å². The Kier molecular flexibility index (Phi) is 10.2. The molecule has 0 radical (unpaired) electrons. The van der Waals surface area contributed by atoms with Gasteiger partial charge < -0.3 is 14.5 Å². The lowest BCUT2D eigenvalue weighted by Gasteiger charge is -2.25. The number of hydroxylamine groups is 2. The van der Waals surface area contributed by atoms with Crippen LogP contribution in [0.15, 0.2) is 79.1 Å². The van der Waals surface area contributed by atoms with E-state index in [2.05, 4.69) is 9.88 Å². The van der Waals surface area contributed by atoms with Crippen molar-refractivity contribution in [1.82, 2.24) is 20.0 Å². The van der Waals surface area contributed by atoms with Crippen molar-refractivity contribution in [1.29, 1.82) is 0 Å². The van der Waals surface area contributed by atoms with Gasteiger partial charge in [-0.1, -0.05) is 49.6 Å². The molecule has 2 aromatic carbocycles.